The number of ether oxygens (including phenoxy) is 3. The Kier molecular flexibility index (Phi) is 119. The van der Waals surface area contributed by atoms with Gasteiger partial charge in [0.05, 0.1) is 13.7 Å². The first kappa shape index (κ1) is 153. The van der Waals surface area contributed by atoms with Crippen molar-refractivity contribution in [3.63, 3.8) is 0 Å². The van der Waals surface area contributed by atoms with Crippen molar-refractivity contribution >= 4 is 174 Å². The second-order valence-corrected chi connectivity index (χ2v) is 37.4. The number of nitrogens with zero attached hydrogens (tertiary/aromatic N) is 7. The standard InChI is InChI=1S/C32H60N10O8S2.C24H52N10O4S2.C16H31N5O4S.C6H9NO.C6H15N.C4H6O3.C4H6O2.2CH4O.2H2/c1-25(43)33-9-13-37-29(47)5-17-41(18-6-30(48)38-14-10-34-26(2)44)21-23-51-52-24-22-42(19-7-31(49)39-15-11-35-27(3)45)20-8-32(50)40-16-12-36-28(4)46;25-5-9-29-21(35)1-13-33(14-2-22(36)30-10-6-26)17-19-39-40-20-18-34(15-3-23(37)31-11-7-27)16-4-24(38)32-12-8-28;1-13(22)17-5-7-19-15(24)3-9-21(11-12-26)10-4-16(25)20-8-6-18-14(2)23;1-5(2)6-7-3-4-8-6;1-4-7(5-2)6-3;1-3(5)7-4(2)6;1-3-4(5)6-2;2*1-2;;/h5-24H2,1-4H3,(H,33,43)(H,34,44)(H,35,45)(H,36,46)(H,37,47)(H,38,48)(H,39,49)(H,40,50);1-20,25-28H2,(H,29,35)(H,30,36)(H,31,37)(H,32,38);26H,3-12H2,1-2H3,(H,17,22)(H,18,23)(H,19,24)(H,20,25);1,3-4H2,2H3;4-6H2,1-3H3;1-2H3;3H,1H2,2H3;2*2H,1H3;2*1H/i;;;;;;;;;1+2D;1+2. The Labute approximate surface area is 915 Å². The molecule has 0 radical (unpaired) electrons. The zero-order valence-electron chi connectivity index (χ0n) is 93.8. The molecule has 1 heterocycles. The monoisotopic (exact) mass is 2250 g/mol. The van der Waals surface area contributed by atoms with Crippen molar-refractivity contribution < 1.29 is 120 Å². The third kappa shape index (κ3) is 125. The first-order chi connectivity index (χ1) is 72.6. The Morgan fingerprint density at radius 1 is 0.347 bits per heavy atom. The van der Waals surface area contributed by atoms with Gasteiger partial charge in [-0.3, -0.25) is 86.3 Å². The van der Waals surface area contributed by atoms with Crippen LogP contribution in [0.5, 0.6) is 0 Å². The second-order valence-electron chi connectivity index (χ2n) is 31.5. The van der Waals surface area contributed by atoms with E-state index < -0.39 is 17.9 Å². The third-order valence-electron chi connectivity index (χ3n) is 18.8. The number of rotatable bonds is 77. The molecule has 26 N–H and O–H groups in total. The molecule has 0 saturated heterocycles. The molecule has 0 aliphatic carbocycles. The number of carbonyl (C=O) groups excluding carboxylic acids is 19. The smallest absolute Gasteiger partial charge is 0.329 e. The van der Waals surface area contributed by atoms with Gasteiger partial charge in [-0.15, -0.1) is 0 Å². The van der Waals surface area contributed by atoms with Gasteiger partial charge in [0.25, 0.3) is 0 Å². The van der Waals surface area contributed by atoms with Crippen LogP contribution in [0.4, 0.5) is 0 Å². The topological polar surface area (TPSA) is 721 Å². The molecule has 56 heteroatoms. The van der Waals surface area contributed by atoms with Crippen LogP contribution in [0.2, 0.25) is 0 Å². The molecule has 1 aliphatic rings. The lowest BCUT2D eigenvalue weighted by Crippen LogP contribution is -2.38. The van der Waals surface area contributed by atoms with Gasteiger partial charge < -0.3 is 162 Å². The summed E-state index contributed by atoms with van der Waals surface area (Å²) < 4.78 is 23.2. The predicted octanol–water partition coefficient (Wildman–Crippen LogP) is -4.63. The fraction of sp³-hybridized carbons (Fsp3) is 0.745. The van der Waals surface area contributed by atoms with Crippen LogP contribution in [0.25, 0.3) is 0 Å². The maximum absolute atomic E-state index is 12.4. The highest BCUT2D eigenvalue weighted by Gasteiger charge is 2.19. The number of aliphatic hydroxyl groups is 2. The number of thiol groups is 1. The minimum Gasteiger partial charge on any atom is -0.476 e. The molecule has 0 unspecified atom stereocenters. The Hall–Kier alpha value is -9.65. The van der Waals surface area contributed by atoms with Gasteiger partial charge in [-0.25, -0.2) is 9.79 Å². The van der Waals surface area contributed by atoms with Gasteiger partial charge in [-0.1, -0.05) is 77.1 Å². The molecule has 0 aromatic carbocycles. The van der Waals surface area contributed by atoms with Crippen LogP contribution in [0.15, 0.2) is 29.8 Å². The molecular weight excluding hydrogens is 2050 g/mol. The molecule has 0 atom stereocenters. The quantitative estimate of drug-likeness (QED) is 0.00680. The summed E-state index contributed by atoms with van der Waals surface area (Å²) in [7, 11) is 10.0. The van der Waals surface area contributed by atoms with Crippen molar-refractivity contribution in [1.29, 1.82) is 0 Å². The zero-order valence-corrected chi connectivity index (χ0v) is 95.9. The first-order valence-corrected chi connectivity index (χ1v) is 55.7. The van der Waals surface area contributed by atoms with Crippen molar-refractivity contribution in [2.24, 2.45) is 27.9 Å². The van der Waals surface area contributed by atoms with Crippen LogP contribution in [0.1, 0.15) is 152 Å². The van der Waals surface area contributed by atoms with Crippen LogP contribution < -0.4 is 108 Å². The van der Waals surface area contributed by atoms with Crippen LogP contribution in [-0.2, 0) is 105 Å². The fourth-order valence-electron chi connectivity index (χ4n) is 11.2. The highest BCUT2D eigenvalue weighted by molar-refractivity contribution is 8.77. The summed E-state index contributed by atoms with van der Waals surface area (Å²) in [6, 6.07) is 0. The Bertz CT molecular complexity index is 3380. The minimum atomic E-state index is -0.562. The maximum Gasteiger partial charge on any atom is 0.329 e. The zero-order chi connectivity index (χ0) is 117. The number of amides is 16. The molecule has 0 saturated carbocycles. The highest BCUT2D eigenvalue weighted by atomic mass is 33.1. The lowest BCUT2D eigenvalue weighted by atomic mass is 10.3. The van der Waals surface area contributed by atoms with Crippen molar-refractivity contribution in [3.8, 4) is 0 Å². The van der Waals surface area contributed by atoms with Gasteiger partial charge in [0.15, 0.2) is 0 Å². The lowest BCUT2D eigenvalue weighted by Gasteiger charge is -2.23. The number of aliphatic imine (C=N–C) groups is 1. The lowest BCUT2D eigenvalue weighted by molar-refractivity contribution is -0.156. The number of methoxy groups -OCH3 is 1. The number of aliphatic hydroxyl groups excluding tert-OH is 2. The van der Waals surface area contributed by atoms with Crippen LogP contribution in [0.3, 0.4) is 0 Å². The summed E-state index contributed by atoms with van der Waals surface area (Å²) in [5.74, 6) is 0.970. The summed E-state index contributed by atoms with van der Waals surface area (Å²) in [5.41, 5.74) is 22.7. The largest absolute Gasteiger partial charge is 0.476 e. The molecule has 1 aliphatic heterocycles. The summed E-state index contributed by atoms with van der Waals surface area (Å²) in [5, 5.41) is 57.4. The first-order valence-electron chi connectivity index (χ1n) is 51.1. The number of hydrogen-bond donors (Lipinski definition) is 23. The Balaban J connectivity index is -0.000000221. The molecule has 0 spiro atoms. The number of esters is 3. The normalized spacial score (nSPS) is 10.6. The minimum absolute atomic E-state index is 0. The summed E-state index contributed by atoms with van der Waals surface area (Å²) >= 11 is 4.20. The van der Waals surface area contributed by atoms with Gasteiger partial charge in [-0.2, -0.15) is 12.6 Å². The fourth-order valence-corrected chi connectivity index (χ4v) is 15.6. The molecule has 0 aromatic rings. The van der Waals surface area contributed by atoms with Gasteiger partial charge in [0.2, 0.25) is 100 Å². The average Bonchev–Trinajstić information content (AvgIpc) is 1.79. The highest BCUT2D eigenvalue weighted by Crippen LogP contribution is 2.23. The third-order valence-corrected chi connectivity index (χ3v) is 23.8. The molecule has 876 valence electrons. The molecule has 1 rings (SSSR count). The number of nitrogens with one attached hydrogen (secondary N) is 16. The van der Waals surface area contributed by atoms with Crippen LogP contribution in [0, 0.1) is 0 Å². The molecule has 0 fully saturated rings. The van der Waals surface area contributed by atoms with E-state index >= 15 is 0 Å². The van der Waals surface area contributed by atoms with Gasteiger partial charge in [0.1, 0.15) is 6.61 Å². The molecule has 16 amide bonds. The van der Waals surface area contributed by atoms with E-state index in [0.717, 1.165) is 81.0 Å². The second kappa shape index (κ2) is 116. The van der Waals surface area contributed by atoms with Gasteiger partial charge in [-0.05, 0) is 26.6 Å². The summed E-state index contributed by atoms with van der Waals surface area (Å²) in [6.07, 6.45) is 4.05. The van der Waals surface area contributed by atoms with E-state index in [0.29, 0.717) is 260 Å². The Morgan fingerprint density at radius 2 is 0.533 bits per heavy atom. The van der Waals surface area contributed by atoms with Crippen molar-refractivity contribution in [1.82, 2.24) is 114 Å². The van der Waals surface area contributed by atoms with Crippen LogP contribution >= 0.6 is 55.8 Å². The Morgan fingerprint density at radius 3 is 0.647 bits per heavy atom. The molecule has 0 aromatic heterocycles. The SMILES string of the molecule is C=C(C)C1=NCCO1.C=CC(=O)OC.CC(=O)NCCNC(=O)CCN(CCS)CCC(=O)NCCNC(C)=O.CC(=O)NCCNC(=O)CCN(CCSSCCN(CCC(=O)NCCNC(C)=O)CCC(=O)NCCNC(C)=O)CCC(=O)NCCNC(C)=O.CC(=O)OC(C)=O.CCN(CC)CC.CO.CO.NCCNC(=O)CCN(CCSSCCN(CCC(=O)NCCN)CCC(=O)NCCN)CCC(=O)NCCN.[2H][3H].[3HH]. The summed E-state index contributed by atoms with van der Waals surface area (Å²) in [4.78, 5) is 233. The molecule has 0 bridgehead atoms. The maximum atomic E-state index is 12.4. The van der Waals surface area contributed by atoms with E-state index in [1.54, 1.807) is 43.2 Å². The number of carbonyl (C=O) groups is 19. The predicted molar refractivity (Wildman–Crippen MR) is 602 cm³/mol. The van der Waals surface area contributed by atoms with Crippen molar-refractivity contribution in [2.75, 3.05) is 312 Å². The molecule has 150 heavy (non-hydrogen) atoms. The van der Waals surface area contributed by atoms with E-state index in [2.05, 4.69) is 171 Å². The van der Waals surface area contributed by atoms with Crippen molar-refractivity contribution in [2.45, 2.75) is 147 Å². The molecular formula is C94H191N27O24S5. The van der Waals surface area contributed by atoms with Crippen molar-refractivity contribution in [3.05, 3.63) is 24.8 Å². The van der Waals surface area contributed by atoms with E-state index in [9.17, 15) is 91.1 Å². The van der Waals surface area contributed by atoms with E-state index in [-0.39, 0.29) is 122 Å². The number of nitrogens with two attached hydrogens (primary N) is 4. The van der Waals surface area contributed by atoms with Crippen LogP contribution in [-0.4, -0.2) is 470 Å². The van der Waals surface area contributed by atoms with Gasteiger partial charge in [0, 0.05) is 408 Å². The molecule has 51 nitrogen and oxygen atoms in total. The average molecular weight is 2250 g/mol. The summed E-state index contributed by atoms with van der Waals surface area (Å²) in [6.45, 7) is 47.3. The number of hydrogen-bond acceptors (Lipinski definition) is 40. The van der Waals surface area contributed by atoms with E-state index in [1.165, 1.54) is 82.1 Å². The van der Waals surface area contributed by atoms with Gasteiger partial charge >= 0.3 is 17.9 Å². The van der Waals surface area contributed by atoms with E-state index in [4.69, 9.17) is 40.9 Å². The van der Waals surface area contributed by atoms with E-state index in [1.807, 2.05) is 11.8 Å².